The second-order valence-electron chi connectivity index (χ2n) is 8.29. The number of methoxy groups -OCH3 is 3. The zero-order chi connectivity index (χ0) is 19.5. The molecule has 0 unspecified atom stereocenters. The van der Waals surface area contributed by atoms with Gasteiger partial charge in [0.05, 0.1) is 21.3 Å². The van der Waals surface area contributed by atoms with E-state index in [0.717, 1.165) is 35.6 Å². The molecule has 0 bridgehead atoms. The fraction of sp³-hybridized carbons (Fsp3) is 0.417. The first-order chi connectivity index (χ1) is 13.6. The lowest BCUT2D eigenvalue weighted by Gasteiger charge is -2.41. The summed E-state index contributed by atoms with van der Waals surface area (Å²) in [6.07, 6.45) is 3.65. The Morgan fingerprint density at radius 2 is 1.71 bits per heavy atom. The van der Waals surface area contributed by atoms with E-state index in [-0.39, 0.29) is 5.54 Å². The highest BCUT2D eigenvalue weighted by atomic mass is 16.5. The van der Waals surface area contributed by atoms with Gasteiger partial charge in [0.15, 0.2) is 11.5 Å². The van der Waals surface area contributed by atoms with Crippen LogP contribution in [0.2, 0.25) is 0 Å². The van der Waals surface area contributed by atoms with Crippen LogP contribution < -0.4 is 14.2 Å². The molecule has 0 aromatic heterocycles. The predicted octanol–water partition coefficient (Wildman–Crippen LogP) is 4.93. The SMILES string of the molecule is COc1ccc2c3c(c4ccc(OC)c(OC)c4c2c1)CN1CCC[C@@]1(C)C3. The highest BCUT2D eigenvalue weighted by Crippen LogP contribution is 2.48. The molecule has 28 heavy (non-hydrogen) atoms. The van der Waals surface area contributed by atoms with E-state index in [1.54, 1.807) is 21.3 Å². The Hall–Kier alpha value is -2.46. The number of benzene rings is 3. The third-order valence-electron chi connectivity index (χ3n) is 6.87. The van der Waals surface area contributed by atoms with Crippen molar-refractivity contribution in [1.29, 1.82) is 0 Å². The Balaban J connectivity index is 1.92. The average Bonchev–Trinajstić information content (AvgIpc) is 3.11. The molecule has 0 aliphatic carbocycles. The lowest BCUT2D eigenvalue weighted by Crippen LogP contribution is -2.46. The third kappa shape index (κ3) is 2.34. The smallest absolute Gasteiger partial charge is 0.169 e. The summed E-state index contributed by atoms with van der Waals surface area (Å²) in [6.45, 7) is 4.61. The first-order valence-electron chi connectivity index (χ1n) is 10.0. The van der Waals surface area contributed by atoms with E-state index in [9.17, 15) is 0 Å². The van der Waals surface area contributed by atoms with Crippen LogP contribution in [0.3, 0.4) is 0 Å². The van der Waals surface area contributed by atoms with Gasteiger partial charge in [-0.05, 0) is 78.2 Å². The van der Waals surface area contributed by atoms with Crippen molar-refractivity contribution in [2.45, 2.75) is 38.3 Å². The fourth-order valence-corrected chi connectivity index (χ4v) is 5.39. The standard InChI is InChI=1S/C24H27NO3/c1-24-10-5-11-25(24)14-20-17-8-9-21(27-3)23(28-4)22(17)18-12-15(26-2)6-7-16(18)19(20)13-24/h6-9,12H,5,10-11,13-14H2,1-4H3/t24-/m0/s1. The number of fused-ring (bicyclic) bond motifs is 7. The molecule has 0 radical (unpaired) electrons. The molecule has 5 rings (SSSR count). The van der Waals surface area contributed by atoms with Crippen LogP contribution >= 0.6 is 0 Å². The minimum absolute atomic E-state index is 0.268. The highest BCUT2D eigenvalue weighted by Gasteiger charge is 2.41. The van der Waals surface area contributed by atoms with Crippen molar-refractivity contribution in [3.8, 4) is 17.2 Å². The first kappa shape index (κ1) is 17.6. The largest absolute Gasteiger partial charge is 0.497 e. The zero-order valence-electron chi connectivity index (χ0n) is 17.1. The van der Waals surface area contributed by atoms with Gasteiger partial charge in [0.1, 0.15) is 5.75 Å². The molecule has 0 spiro atoms. The van der Waals surface area contributed by atoms with E-state index in [1.807, 2.05) is 6.07 Å². The molecule has 2 aliphatic heterocycles. The maximum Gasteiger partial charge on any atom is 0.169 e. The van der Waals surface area contributed by atoms with Crippen molar-refractivity contribution in [3.63, 3.8) is 0 Å². The summed E-state index contributed by atoms with van der Waals surface area (Å²) in [7, 11) is 5.14. The number of hydrogen-bond donors (Lipinski definition) is 0. The maximum atomic E-state index is 5.85. The Bertz CT molecular complexity index is 1090. The van der Waals surface area contributed by atoms with Gasteiger partial charge in [-0.15, -0.1) is 0 Å². The van der Waals surface area contributed by atoms with E-state index in [1.165, 1.54) is 46.7 Å². The van der Waals surface area contributed by atoms with Crippen molar-refractivity contribution in [1.82, 2.24) is 4.90 Å². The van der Waals surface area contributed by atoms with Gasteiger partial charge in [0.2, 0.25) is 0 Å². The molecule has 0 N–H and O–H groups in total. The molecule has 146 valence electrons. The molecular formula is C24H27NO3. The Labute approximate surface area is 166 Å². The van der Waals surface area contributed by atoms with Gasteiger partial charge in [-0.1, -0.05) is 12.1 Å². The van der Waals surface area contributed by atoms with Crippen LogP contribution in [0.25, 0.3) is 21.5 Å². The molecule has 2 heterocycles. The zero-order valence-corrected chi connectivity index (χ0v) is 17.1. The van der Waals surface area contributed by atoms with Gasteiger partial charge in [-0.2, -0.15) is 0 Å². The van der Waals surface area contributed by atoms with Crippen molar-refractivity contribution in [2.75, 3.05) is 27.9 Å². The second kappa shape index (κ2) is 6.28. The van der Waals surface area contributed by atoms with Crippen molar-refractivity contribution in [3.05, 3.63) is 41.5 Å². The topological polar surface area (TPSA) is 30.9 Å². The average molecular weight is 377 g/mol. The Morgan fingerprint density at radius 3 is 2.46 bits per heavy atom. The maximum absolute atomic E-state index is 5.85. The van der Waals surface area contributed by atoms with E-state index >= 15 is 0 Å². The van der Waals surface area contributed by atoms with E-state index < -0.39 is 0 Å². The summed E-state index contributed by atoms with van der Waals surface area (Å²) >= 11 is 0. The van der Waals surface area contributed by atoms with Crippen molar-refractivity contribution < 1.29 is 14.2 Å². The second-order valence-corrected chi connectivity index (χ2v) is 8.29. The summed E-state index contributed by atoms with van der Waals surface area (Å²) in [6, 6.07) is 10.7. The molecule has 3 aromatic carbocycles. The van der Waals surface area contributed by atoms with E-state index in [2.05, 4.69) is 36.1 Å². The number of ether oxygens (including phenoxy) is 3. The molecule has 3 aromatic rings. The van der Waals surface area contributed by atoms with Crippen LogP contribution in [-0.2, 0) is 13.0 Å². The van der Waals surface area contributed by atoms with Gasteiger partial charge >= 0.3 is 0 Å². The number of nitrogens with zero attached hydrogens (tertiary/aromatic N) is 1. The van der Waals surface area contributed by atoms with Gasteiger partial charge in [0, 0.05) is 17.5 Å². The van der Waals surface area contributed by atoms with Crippen molar-refractivity contribution >= 4 is 21.5 Å². The van der Waals surface area contributed by atoms with Crippen LogP contribution in [0, 0.1) is 0 Å². The summed E-state index contributed by atoms with van der Waals surface area (Å²) in [5, 5.41) is 4.88. The van der Waals surface area contributed by atoms with Gasteiger partial charge in [-0.3, -0.25) is 4.90 Å². The van der Waals surface area contributed by atoms with Crippen LogP contribution in [0.5, 0.6) is 17.2 Å². The lowest BCUT2D eigenvalue weighted by molar-refractivity contribution is 0.134. The van der Waals surface area contributed by atoms with Gasteiger partial charge in [0.25, 0.3) is 0 Å². The summed E-state index contributed by atoms with van der Waals surface area (Å²) < 4.78 is 17.0. The van der Waals surface area contributed by atoms with Gasteiger partial charge in [-0.25, -0.2) is 0 Å². The van der Waals surface area contributed by atoms with Crippen LogP contribution in [0.15, 0.2) is 30.3 Å². The molecule has 4 heteroatoms. The summed E-state index contributed by atoms with van der Waals surface area (Å²) in [5.74, 6) is 2.43. The minimum atomic E-state index is 0.268. The number of rotatable bonds is 3. The monoisotopic (exact) mass is 377 g/mol. The van der Waals surface area contributed by atoms with E-state index in [4.69, 9.17) is 14.2 Å². The number of hydrogen-bond acceptors (Lipinski definition) is 4. The lowest BCUT2D eigenvalue weighted by atomic mass is 9.79. The van der Waals surface area contributed by atoms with E-state index in [0.29, 0.717) is 0 Å². The molecule has 1 saturated heterocycles. The minimum Gasteiger partial charge on any atom is -0.497 e. The quantitative estimate of drug-likeness (QED) is 0.606. The molecule has 0 amide bonds. The normalized spacial score (nSPS) is 21.6. The molecule has 0 saturated carbocycles. The summed E-state index contributed by atoms with van der Waals surface area (Å²) in [5.41, 5.74) is 3.19. The van der Waals surface area contributed by atoms with Crippen molar-refractivity contribution in [2.24, 2.45) is 0 Å². The highest BCUT2D eigenvalue weighted by molar-refractivity contribution is 6.15. The Morgan fingerprint density at radius 1 is 0.893 bits per heavy atom. The molecular weight excluding hydrogens is 350 g/mol. The Kier molecular flexibility index (Phi) is 3.95. The fourth-order valence-electron chi connectivity index (χ4n) is 5.39. The molecule has 4 nitrogen and oxygen atoms in total. The van der Waals surface area contributed by atoms with Crippen LogP contribution in [0.1, 0.15) is 30.9 Å². The first-order valence-corrected chi connectivity index (χ1v) is 10.0. The molecule has 2 aliphatic rings. The van der Waals surface area contributed by atoms with Crippen LogP contribution in [0.4, 0.5) is 0 Å². The molecule has 1 atom stereocenters. The van der Waals surface area contributed by atoms with Gasteiger partial charge < -0.3 is 14.2 Å². The summed E-state index contributed by atoms with van der Waals surface area (Å²) in [4.78, 5) is 2.67. The third-order valence-corrected chi connectivity index (χ3v) is 6.87. The van der Waals surface area contributed by atoms with Crippen LogP contribution in [-0.4, -0.2) is 38.3 Å². The molecule has 1 fully saturated rings. The predicted molar refractivity (Wildman–Crippen MR) is 113 cm³/mol.